The number of hydrogen-bond acceptors (Lipinski definition) is 13. The normalized spacial score (nSPS) is 29.8. The summed E-state index contributed by atoms with van der Waals surface area (Å²) in [6.45, 7) is 0.685. The van der Waals surface area contributed by atoms with Gasteiger partial charge in [0.1, 0.15) is 29.9 Å². The number of aliphatic imine (C=N–C) groups is 1. The molecule has 0 aromatic rings. The Bertz CT molecular complexity index is 602. The zero-order valence-electron chi connectivity index (χ0n) is 15.6. The van der Waals surface area contributed by atoms with Crippen LogP contribution in [0, 0.1) is 0 Å². The molecule has 0 bridgehead atoms. The largest absolute Gasteiger partial charge is 0.467 e. The first-order valence-electron chi connectivity index (χ1n) is 8.39. The Labute approximate surface area is 174 Å². The summed E-state index contributed by atoms with van der Waals surface area (Å²) >= 11 is 0. The number of nitrogens with zero attached hydrogens (tertiary/aromatic N) is 1. The molecular formula is C15H24N2O10S2. The zero-order valence-corrected chi connectivity index (χ0v) is 17.2. The van der Waals surface area contributed by atoms with Gasteiger partial charge >= 0.3 is 5.97 Å². The molecule has 1 saturated heterocycles. The number of aliphatic hydroxyl groups excluding tert-OH is 5. The van der Waals surface area contributed by atoms with E-state index >= 15 is 0 Å². The van der Waals surface area contributed by atoms with E-state index in [-0.39, 0.29) is 5.75 Å². The van der Waals surface area contributed by atoms with Gasteiger partial charge in [0.2, 0.25) is 12.0 Å². The quantitative estimate of drug-likeness (QED) is 0.0840. The molecule has 1 rings (SSSR count). The Hall–Kier alpha value is -1.22. The van der Waals surface area contributed by atoms with Crippen LogP contribution in [0.1, 0.15) is 6.92 Å². The van der Waals surface area contributed by atoms with E-state index in [0.29, 0.717) is 0 Å². The lowest BCUT2D eigenvalue weighted by molar-refractivity contribution is -0.205. The van der Waals surface area contributed by atoms with Crippen molar-refractivity contribution >= 4 is 39.5 Å². The van der Waals surface area contributed by atoms with Crippen LogP contribution in [-0.2, 0) is 23.9 Å². The van der Waals surface area contributed by atoms with E-state index in [0.717, 1.165) is 28.7 Å². The first-order chi connectivity index (χ1) is 13.7. The summed E-state index contributed by atoms with van der Waals surface area (Å²) in [5, 5.41) is 50.5. The molecule has 0 aromatic heterocycles. The van der Waals surface area contributed by atoms with Gasteiger partial charge < -0.3 is 40.3 Å². The Balaban J connectivity index is 2.69. The van der Waals surface area contributed by atoms with E-state index in [4.69, 9.17) is 4.74 Å². The molecule has 1 aliphatic rings. The number of carbonyl (C=O) groups excluding carboxylic acids is 3. The molecule has 8 atom stereocenters. The molecule has 0 spiro atoms. The van der Waals surface area contributed by atoms with E-state index in [9.17, 15) is 39.9 Å². The SMILES string of the molecule is COC(=O)[C@@H](NC(=O)[C@H](CSSC1OC(CO)C(O)C(O)C1O)N=C=O)[C@H](C)O. The van der Waals surface area contributed by atoms with Crippen LogP contribution >= 0.6 is 21.6 Å². The molecule has 12 nitrogen and oxygen atoms in total. The van der Waals surface area contributed by atoms with Gasteiger partial charge in [-0.05, 0) is 6.92 Å². The highest BCUT2D eigenvalue weighted by Gasteiger charge is 2.44. The van der Waals surface area contributed by atoms with Gasteiger partial charge in [-0.15, -0.1) is 0 Å². The molecule has 0 aliphatic carbocycles. The molecule has 1 amide bonds. The van der Waals surface area contributed by atoms with Crippen molar-refractivity contribution in [3.8, 4) is 0 Å². The standard InChI is InChI=1S/C15H24N2O10S2/c1-6(20)9(14(25)26-2)17-13(24)7(16-5-19)4-28-29-15-12(23)11(22)10(21)8(3-18)27-15/h6-12,15,18,20-23H,3-4H2,1-2H3,(H,17,24)/t6-,7-,8?,9-,10?,11?,12?,15?/m0/s1. The first kappa shape index (κ1) is 25.8. The highest BCUT2D eigenvalue weighted by Crippen LogP contribution is 2.36. The Morgan fingerprint density at radius 3 is 2.45 bits per heavy atom. The molecule has 0 saturated carbocycles. The Morgan fingerprint density at radius 2 is 1.93 bits per heavy atom. The number of hydrogen-bond donors (Lipinski definition) is 6. The summed E-state index contributed by atoms with van der Waals surface area (Å²) in [5.74, 6) is -1.84. The van der Waals surface area contributed by atoms with Gasteiger partial charge in [0.05, 0.1) is 19.8 Å². The van der Waals surface area contributed by atoms with Crippen molar-refractivity contribution in [1.29, 1.82) is 0 Å². The van der Waals surface area contributed by atoms with Crippen LogP contribution < -0.4 is 5.32 Å². The summed E-state index contributed by atoms with van der Waals surface area (Å²) in [7, 11) is 2.92. The number of carbonyl (C=O) groups is 2. The van der Waals surface area contributed by atoms with Gasteiger partial charge in [0, 0.05) is 5.75 Å². The van der Waals surface area contributed by atoms with Crippen molar-refractivity contribution < 1.29 is 49.4 Å². The fourth-order valence-corrected chi connectivity index (χ4v) is 4.84. The summed E-state index contributed by atoms with van der Waals surface area (Å²) in [6, 6.07) is -2.64. The minimum absolute atomic E-state index is 0.117. The predicted octanol–water partition coefficient (Wildman–Crippen LogP) is -3.09. The third-order valence-electron chi connectivity index (χ3n) is 3.98. The van der Waals surface area contributed by atoms with Crippen LogP contribution in [-0.4, -0.2) is 111 Å². The van der Waals surface area contributed by atoms with Crippen molar-refractivity contribution in [1.82, 2.24) is 5.32 Å². The number of amides is 1. The first-order valence-corrected chi connectivity index (χ1v) is 10.8. The average Bonchev–Trinajstić information content (AvgIpc) is 2.70. The molecule has 166 valence electrons. The van der Waals surface area contributed by atoms with E-state index in [1.54, 1.807) is 0 Å². The lowest BCUT2D eigenvalue weighted by Crippen LogP contribution is -2.57. The van der Waals surface area contributed by atoms with Crippen LogP contribution in [0.5, 0.6) is 0 Å². The number of aliphatic hydroxyl groups is 5. The fraction of sp³-hybridized carbons (Fsp3) is 0.800. The maximum absolute atomic E-state index is 12.3. The number of rotatable bonds is 10. The summed E-state index contributed by atoms with van der Waals surface area (Å²) in [4.78, 5) is 37.9. The molecule has 14 heteroatoms. The van der Waals surface area contributed by atoms with Gasteiger partial charge in [-0.25, -0.2) is 9.59 Å². The maximum atomic E-state index is 12.3. The van der Waals surface area contributed by atoms with E-state index in [1.165, 1.54) is 13.0 Å². The van der Waals surface area contributed by atoms with Gasteiger partial charge in [-0.2, -0.15) is 4.99 Å². The summed E-state index contributed by atoms with van der Waals surface area (Å²) < 4.78 is 9.79. The number of nitrogens with one attached hydrogen (secondary N) is 1. The van der Waals surface area contributed by atoms with Crippen molar-refractivity contribution in [2.45, 2.75) is 55.0 Å². The van der Waals surface area contributed by atoms with E-state index in [2.05, 4.69) is 15.0 Å². The topological polar surface area (TPSA) is 195 Å². The molecule has 5 unspecified atom stereocenters. The van der Waals surface area contributed by atoms with Gasteiger partial charge in [0.15, 0.2) is 12.1 Å². The molecule has 1 fully saturated rings. The Morgan fingerprint density at radius 1 is 1.28 bits per heavy atom. The Kier molecular flexibility index (Phi) is 11.1. The number of ether oxygens (including phenoxy) is 2. The molecule has 6 N–H and O–H groups in total. The second kappa shape index (κ2) is 12.5. The average molecular weight is 456 g/mol. The molecule has 1 heterocycles. The van der Waals surface area contributed by atoms with Crippen LogP contribution in [0.25, 0.3) is 0 Å². The molecule has 1 aliphatic heterocycles. The third kappa shape index (κ3) is 7.20. The number of esters is 1. The van der Waals surface area contributed by atoms with Crippen LogP contribution in [0.15, 0.2) is 4.99 Å². The summed E-state index contributed by atoms with van der Waals surface area (Å²) in [5.41, 5.74) is -1.04. The van der Waals surface area contributed by atoms with Crippen LogP contribution in [0.4, 0.5) is 0 Å². The predicted molar refractivity (Wildman–Crippen MR) is 101 cm³/mol. The van der Waals surface area contributed by atoms with E-state index < -0.39 is 66.5 Å². The van der Waals surface area contributed by atoms with Crippen molar-refractivity contribution in [3.05, 3.63) is 0 Å². The highest BCUT2D eigenvalue weighted by atomic mass is 33.1. The molecule has 29 heavy (non-hydrogen) atoms. The molecule has 0 radical (unpaired) electrons. The zero-order chi connectivity index (χ0) is 22.1. The van der Waals surface area contributed by atoms with Crippen molar-refractivity contribution in [2.24, 2.45) is 4.99 Å². The number of isocyanates is 1. The van der Waals surface area contributed by atoms with Crippen molar-refractivity contribution in [3.63, 3.8) is 0 Å². The minimum atomic E-state index is -1.54. The molecular weight excluding hydrogens is 432 g/mol. The van der Waals surface area contributed by atoms with E-state index in [1.807, 2.05) is 0 Å². The second-order valence-corrected chi connectivity index (χ2v) is 8.57. The highest BCUT2D eigenvalue weighted by molar-refractivity contribution is 8.76. The monoisotopic (exact) mass is 456 g/mol. The van der Waals surface area contributed by atoms with Gasteiger partial charge in [0.25, 0.3) is 0 Å². The lowest BCUT2D eigenvalue weighted by Gasteiger charge is -2.39. The summed E-state index contributed by atoms with van der Waals surface area (Å²) in [6.07, 6.45) is -5.60. The third-order valence-corrected chi connectivity index (χ3v) is 6.54. The second-order valence-electron chi connectivity index (χ2n) is 6.06. The minimum Gasteiger partial charge on any atom is -0.467 e. The van der Waals surface area contributed by atoms with Crippen LogP contribution in [0.2, 0.25) is 0 Å². The van der Waals surface area contributed by atoms with Crippen LogP contribution in [0.3, 0.4) is 0 Å². The number of methoxy groups -OCH3 is 1. The van der Waals surface area contributed by atoms with Gasteiger partial charge in [-0.3, -0.25) is 4.79 Å². The lowest BCUT2D eigenvalue weighted by atomic mass is 10.0. The van der Waals surface area contributed by atoms with Crippen molar-refractivity contribution in [2.75, 3.05) is 19.5 Å². The van der Waals surface area contributed by atoms with Gasteiger partial charge in [-0.1, -0.05) is 21.6 Å². The fourth-order valence-electron chi connectivity index (χ4n) is 2.31. The smallest absolute Gasteiger partial charge is 0.331 e. The molecule has 0 aromatic carbocycles. The maximum Gasteiger partial charge on any atom is 0.331 e.